The summed E-state index contributed by atoms with van der Waals surface area (Å²) in [6.07, 6.45) is 1.28. The van der Waals surface area contributed by atoms with E-state index in [-0.39, 0.29) is 28.4 Å². The van der Waals surface area contributed by atoms with Gasteiger partial charge in [0.15, 0.2) is 11.5 Å². The second kappa shape index (κ2) is 5.23. The van der Waals surface area contributed by atoms with E-state index < -0.39 is 23.3 Å². The van der Waals surface area contributed by atoms with Crippen LogP contribution in [0.1, 0.15) is 18.7 Å². The molecule has 114 valence electrons. The average molecular weight is 323 g/mol. The molecule has 22 heavy (non-hydrogen) atoms. The number of oxazole rings is 1. The van der Waals surface area contributed by atoms with E-state index in [1.54, 1.807) is 0 Å². The molecule has 0 bridgehead atoms. The Morgan fingerprint density at radius 1 is 1.64 bits per heavy atom. The van der Waals surface area contributed by atoms with Crippen LogP contribution in [0.4, 0.5) is 4.39 Å². The SMILES string of the molecule is N#CC1(NC(=O)[C@@H](N)Cc2nc3cc(F)cc(Cl)c3o2)CC1. The number of benzene rings is 1. The molecule has 1 saturated carbocycles. The molecule has 0 radical (unpaired) electrons. The van der Waals surface area contributed by atoms with Crippen LogP contribution in [-0.2, 0) is 11.2 Å². The van der Waals surface area contributed by atoms with Gasteiger partial charge in [0.25, 0.3) is 0 Å². The van der Waals surface area contributed by atoms with Crippen molar-refractivity contribution in [3.63, 3.8) is 0 Å². The molecule has 1 aliphatic rings. The Hall–Kier alpha value is -2.17. The van der Waals surface area contributed by atoms with Crippen LogP contribution in [0.15, 0.2) is 16.5 Å². The minimum absolute atomic E-state index is 0.0277. The first-order chi connectivity index (χ1) is 10.4. The number of nitriles is 1. The second-order valence-corrected chi connectivity index (χ2v) is 5.74. The zero-order valence-corrected chi connectivity index (χ0v) is 12.2. The maximum Gasteiger partial charge on any atom is 0.238 e. The van der Waals surface area contributed by atoms with Crippen molar-refractivity contribution in [1.29, 1.82) is 5.26 Å². The summed E-state index contributed by atoms with van der Waals surface area (Å²) in [5, 5.41) is 11.7. The van der Waals surface area contributed by atoms with Crippen LogP contribution in [0.5, 0.6) is 0 Å². The van der Waals surface area contributed by atoms with Gasteiger partial charge < -0.3 is 15.5 Å². The standard InChI is InChI=1S/C14H12ClFN4O2/c15-8-3-7(16)4-10-12(8)22-11(19-10)5-9(18)13(21)20-14(6-17)1-2-14/h3-4,9H,1-2,5,18H2,(H,20,21)/t9-/m0/s1. The predicted octanol–water partition coefficient (Wildman–Crippen LogP) is 1.66. The number of fused-ring (bicyclic) bond motifs is 1. The molecule has 2 aromatic rings. The molecule has 1 atom stereocenters. The molecule has 1 heterocycles. The van der Waals surface area contributed by atoms with Gasteiger partial charge in [-0.1, -0.05) is 11.6 Å². The highest BCUT2D eigenvalue weighted by Gasteiger charge is 2.45. The molecule has 0 saturated heterocycles. The quantitative estimate of drug-likeness (QED) is 0.890. The van der Waals surface area contributed by atoms with Crippen LogP contribution in [0.25, 0.3) is 11.1 Å². The van der Waals surface area contributed by atoms with Crippen molar-refractivity contribution in [3.05, 3.63) is 28.9 Å². The Morgan fingerprint density at radius 2 is 2.36 bits per heavy atom. The summed E-state index contributed by atoms with van der Waals surface area (Å²) >= 11 is 5.87. The van der Waals surface area contributed by atoms with Gasteiger partial charge in [-0.25, -0.2) is 9.37 Å². The van der Waals surface area contributed by atoms with E-state index in [0.29, 0.717) is 12.8 Å². The first kappa shape index (κ1) is 14.8. The third kappa shape index (κ3) is 2.75. The second-order valence-electron chi connectivity index (χ2n) is 5.34. The zero-order valence-electron chi connectivity index (χ0n) is 11.4. The lowest BCUT2D eigenvalue weighted by Crippen LogP contribution is -2.47. The molecule has 6 nitrogen and oxygen atoms in total. The van der Waals surface area contributed by atoms with Crippen molar-refractivity contribution in [2.75, 3.05) is 0 Å². The highest BCUT2D eigenvalue weighted by molar-refractivity contribution is 6.34. The molecule has 1 amide bonds. The zero-order chi connectivity index (χ0) is 15.9. The number of nitrogens with one attached hydrogen (secondary N) is 1. The van der Waals surface area contributed by atoms with E-state index >= 15 is 0 Å². The fraction of sp³-hybridized carbons (Fsp3) is 0.357. The highest BCUT2D eigenvalue weighted by Crippen LogP contribution is 2.34. The molecule has 3 N–H and O–H groups in total. The van der Waals surface area contributed by atoms with E-state index in [2.05, 4.69) is 16.4 Å². The Bertz CT molecular complexity index is 794. The summed E-state index contributed by atoms with van der Waals surface area (Å²) < 4.78 is 18.7. The third-order valence-electron chi connectivity index (χ3n) is 3.51. The molecule has 1 fully saturated rings. The number of halogens is 2. The van der Waals surface area contributed by atoms with Gasteiger partial charge in [-0.3, -0.25) is 4.79 Å². The fourth-order valence-corrected chi connectivity index (χ4v) is 2.33. The number of amides is 1. The van der Waals surface area contributed by atoms with Gasteiger partial charge in [-0.15, -0.1) is 0 Å². The van der Waals surface area contributed by atoms with Crippen molar-refractivity contribution in [2.24, 2.45) is 5.73 Å². The molecule has 3 rings (SSSR count). The molecule has 0 unspecified atom stereocenters. The number of carbonyl (C=O) groups is 1. The van der Waals surface area contributed by atoms with Crippen molar-refractivity contribution in [2.45, 2.75) is 30.8 Å². The van der Waals surface area contributed by atoms with Crippen molar-refractivity contribution < 1.29 is 13.6 Å². The van der Waals surface area contributed by atoms with Gasteiger partial charge in [-0.2, -0.15) is 5.26 Å². The largest absolute Gasteiger partial charge is 0.439 e. The summed E-state index contributed by atoms with van der Waals surface area (Å²) in [7, 11) is 0. The van der Waals surface area contributed by atoms with Crippen molar-refractivity contribution in [3.8, 4) is 6.07 Å². The van der Waals surface area contributed by atoms with Gasteiger partial charge >= 0.3 is 0 Å². The third-order valence-corrected chi connectivity index (χ3v) is 3.79. The van der Waals surface area contributed by atoms with Crippen molar-refractivity contribution >= 4 is 28.6 Å². The number of hydrogen-bond acceptors (Lipinski definition) is 5. The Labute approximate surface area is 130 Å². The smallest absolute Gasteiger partial charge is 0.238 e. The predicted molar refractivity (Wildman–Crippen MR) is 76.4 cm³/mol. The van der Waals surface area contributed by atoms with Gasteiger partial charge in [0.05, 0.1) is 17.1 Å². The molecule has 1 aromatic heterocycles. The van der Waals surface area contributed by atoms with Crippen LogP contribution >= 0.6 is 11.6 Å². The number of hydrogen-bond donors (Lipinski definition) is 2. The van der Waals surface area contributed by atoms with Gasteiger partial charge in [0.2, 0.25) is 5.91 Å². The Kier molecular flexibility index (Phi) is 3.51. The first-order valence-electron chi connectivity index (χ1n) is 6.66. The van der Waals surface area contributed by atoms with Crippen LogP contribution < -0.4 is 11.1 Å². The Balaban J connectivity index is 1.74. The summed E-state index contributed by atoms with van der Waals surface area (Å²) in [6, 6.07) is 3.45. The average Bonchev–Trinajstić information content (AvgIpc) is 3.11. The molecular formula is C14H12ClFN4O2. The van der Waals surface area contributed by atoms with Crippen LogP contribution in [0.3, 0.4) is 0 Å². The lowest BCUT2D eigenvalue weighted by atomic mass is 10.2. The number of carbonyl (C=O) groups excluding carboxylic acids is 1. The minimum atomic E-state index is -0.914. The first-order valence-corrected chi connectivity index (χ1v) is 7.03. The van der Waals surface area contributed by atoms with E-state index in [1.165, 1.54) is 6.07 Å². The molecule has 1 aliphatic carbocycles. The van der Waals surface area contributed by atoms with Crippen LogP contribution in [0, 0.1) is 17.1 Å². The van der Waals surface area contributed by atoms with Crippen LogP contribution in [0.2, 0.25) is 5.02 Å². The maximum atomic E-state index is 13.2. The maximum absolute atomic E-state index is 13.2. The topological polar surface area (TPSA) is 105 Å². The molecule has 0 aliphatic heterocycles. The normalized spacial score (nSPS) is 17.0. The number of nitrogens with zero attached hydrogens (tertiary/aromatic N) is 2. The van der Waals surface area contributed by atoms with Gasteiger partial charge in [0, 0.05) is 12.5 Å². The number of nitrogens with two attached hydrogens (primary N) is 1. The van der Waals surface area contributed by atoms with E-state index in [0.717, 1.165) is 6.07 Å². The van der Waals surface area contributed by atoms with E-state index in [9.17, 15) is 9.18 Å². The van der Waals surface area contributed by atoms with Crippen LogP contribution in [-0.4, -0.2) is 22.5 Å². The van der Waals surface area contributed by atoms with Crippen molar-refractivity contribution in [1.82, 2.24) is 10.3 Å². The Morgan fingerprint density at radius 3 is 3.00 bits per heavy atom. The summed E-state index contributed by atoms with van der Waals surface area (Å²) in [5.41, 5.74) is 5.54. The highest BCUT2D eigenvalue weighted by atomic mass is 35.5. The lowest BCUT2D eigenvalue weighted by Gasteiger charge is -2.13. The molecular weight excluding hydrogens is 311 g/mol. The van der Waals surface area contributed by atoms with E-state index in [1.807, 2.05) is 0 Å². The fourth-order valence-electron chi connectivity index (χ4n) is 2.09. The van der Waals surface area contributed by atoms with Gasteiger partial charge in [0.1, 0.15) is 16.9 Å². The number of aromatic nitrogens is 1. The van der Waals surface area contributed by atoms with Gasteiger partial charge in [-0.05, 0) is 18.9 Å². The summed E-state index contributed by atoms with van der Waals surface area (Å²) in [6.45, 7) is 0. The lowest BCUT2D eigenvalue weighted by molar-refractivity contribution is -0.123. The summed E-state index contributed by atoms with van der Waals surface area (Å²) in [5.74, 6) is -0.783. The minimum Gasteiger partial charge on any atom is -0.439 e. The molecule has 8 heteroatoms. The summed E-state index contributed by atoms with van der Waals surface area (Å²) in [4.78, 5) is 16.0. The van der Waals surface area contributed by atoms with E-state index in [4.69, 9.17) is 27.0 Å². The molecule has 0 spiro atoms. The molecule has 1 aromatic carbocycles. The monoisotopic (exact) mass is 322 g/mol. The number of rotatable bonds is 4.